The van der Waals surface area contributed by atoms with Gasteiger partial charge < -0.3 is 4.74 Å². The van der Waals surface area contributed by atoms with Crippen LogP contribution in [0, 0.1) is 0 Å². The summed E-state index contributed by atoms with van der Waals surface area (Å²) in [5.74, 6) is -0.393. The third-order valence-electron chi connectivity index (χ3n) is 2.17. The fourth-order valence-electron chi connectivity index (χ4n) is 1.28. The lowest BCUT2D eigenvalue weighted by Crippen LogP contribution is -2.39. The molecule has 0 radical (unpaired) electrons. The minimum atomic E-state index is -4.20. The first-order chi connectivity index (χ1) is 7.26. The Bertz CT molecular complexity index is 217. The third kappa shape index (κ3) is 7.50. The Morgan fingerprint density at radius 2 is 1.94 bits per heavy atom. The van der Waals surface area contributed by atoms with Crippen molar-refractivity contribution in [1.29, 1.82) is 0 Å². The fraction of sp³-hybridized carbons (Fsp3) is 0.900. The smallest absolute Gasteiger partial charge is 0.401 e. The van der Waals surface area contributed by atoms with Gasteiger partial charge in [-0.1, -0.05) is 0 Å². The molecule has 6 heteroatoms. The number of alkyl halides is 3. The summed E-state index contributed by atoms with van der Waals surface area (Å²) in [4.78, 5) is 12.1. The average Bonchev–Trinajstić information content (AvgIpc) is 2.13. The van der Waals surface area contributed by atoms with Crippen molar-refractivity contribution < 1.29 is 22.7 Å². The largest absolute Gasteiger partial charge is 0.469 e. The maximum atomic E-state index is 12.2. The summed E-state index contributed by atoms with van der Waals surface area (Å²) in [5.41, 5.74) is 0. The number of hydrogen-bond acceptors (Lipinski definition) is 3. The van der Waals surface area contributed by atoms with Gasteiger partial charge in [-0.3, -0.25) is 9.69 Å². The molecule has 16 heavy (non-hydrogen) atoms. The van der Waals surface area contributed by atoms with Crippen LogP contribution >= 0.6 is 0 Å². The number of methoxy groups -OCH3 is 1. The summed E-state index contributed by atoms with van der Waals surface area (Å²) < 4.78 is 41.0. The second kappa shape index (κ2) is 6.73. The molecule has 0 heterocycles. The molecule has 0 unspecified atom stereocenters. The molecule has 0 aromatic heterocycles. The second-order valence-electron chi connectivity index (χ2n) is 3.86. The molecule has 0 atom stereocenters. The van der Waals surface area contributed by atoms with Crippen LogP contribution in [-0.4, -0.2) is 43.3 Å². The number of carbonyl (C=O) groups is 1. The van der Waals surface area contributed by atoms with Crippen molar-refractivity contribution in [2.24, 2.45) is 0 Å². The maximum Gasteiger partial charge on any atom is 0.401 e. The first-order valence-corrected chi connectivity index (χ1v) is 5.14. The molecule has 0 aliphatic rings. The van der Waals surface area contributed by atoms with Gasteiger partial charge in [0.2, 0.25) is 0 Å². The van der Waals surface area contributed by atoms with Crippen molar-refractivity contribution in [3.05, 3.63) is 0 Å². The van der Waals surface area contributed by atoms with Crippen LogP contribution < -0.4 is 0 Å². The molecular formula is C10H18F3NO2. The molecule has 0 saturated carbocycles. The van der Waals surface area contributed by atoms with Crippen molar-refractivity contribution in [3.8, 4) is 0 Å². The third-order valence-corrected chi connectivity index (χ3v) is 2.17. The van der Waals surface area contributed by atoms with Crippen LogP contribution in [-0.2, 0) is 9.53 Å². The average molecular weight is 241 g/mol. The second-order valence-corrected chi connectivity index (χ2v) is 3.86. The lowest BCUT2D eigenvalue weighted by molar-refractivity contribution is -0.150. The Balaban J connectivity index is 4.00. The van der Waals surface area contributed by atoms with Crippen LogP contribution in [0.3, 0.4) is 0 Å². The van der Waals surface area contributed by atoms with E-state index in [0.717, 1.165) is 0 Å². The molecule has 0 amide bonds. The predicted octanol–water partition coefficient (Wildman–Crippen LogP) is 2.21. The summed E-state index contributed by atoms with van der Waals surface area (Å²) in [7, 11) is 1.26. The van der Waals surface area contributed by atoms with Gasteiger partial charge in [-0.15, -0.1) is 0 Å². The van der Waals surface area contributed by atoms with Gasteiger partial charge in [-0.05, 0) is 26.8 Å². The Labute approximate surface area is 93.6 Å². The zero-order valence-electron chi connectivity index (χ0n) is 9.80. The Morgan fingerprint density at radius 3 is 2.31 bits per heavy atom. The number of esters is 1. The van der Waals surface area contributed by atoms with Crippen molar-refractivity contribution >= 4 is 5.97 Å². The van der Waals surface area contributed by atoms with E-state index in [4.69, 9.17) is 0 Å². The molecule has 0 aliphatic heterocycles. The molecule has 0 fully saturated rings. The van der Waals surface area contributed by atoms with Gasteiger partial charge in [-0.25, -0.2) is 0 Å². The molecule has 0 aromatic rings. The topological polar surface area (TPSA) is 29.5 Å². The van der Waals surface area contributed by atoms with Gasteiger partial charge in [0.1, 0.15) is 0 Å². The van der Waals surface area contributed by atoms with Gasteiger partial charge in [0.25, 0.3) is 0 Å². The molecule has 96 valence electrons. The van der Waals surface area contributed by atoms with Gasteiger partial charge in [0.15, 0.2) is 0 Å². The minimum Gasteiger partial charge on any atom is -0.469 e. The quantitative estimate of drug-likeness (QED) is 0.668. The zero-order valence-corrected chi connectivity index (χ0v) is 9.80. The van der Waals surface area contributed by atoms with Crippen molar-refractivity contribution in [2.45, 2.75) is 38.9 Å². The van der Waals surface area contributed by atoms with Crippen LogP contribution in [0.2, 0.25) is 0 Å². The number of nitrogens with zero attached hydrogens (tertiary/aromatic N) is 1. The van der Waals surface area contributed by atoms with Gasteiger partial charge in [-0.2, -0.15) is 13.2 Å². The Morgan fingerprint density at radius 1 is 1.38 bits per heavy atom. The highest BCUT2D eigenvalue weighted by Crippen LogP contribution is 2.18. The molecule has 0 aliphatic carbocycles. The van der Waals surface area contributed by atoms with Crippen molar-refractivity contribution in [3.63, 3.8) is 0 Å². The highest BCUT2D eigenvalue weighted by Gasteiger charge is 2.31. The molecule has 0 aromatic carbocycles. The van der Waals surface area contributed by atoms with E-state index in [1.54, 1.807) is 13.8 Å². The summed E-state index contributed by atoms with van der Waals surface area (Å²) in [6.45, 7) is 2.70. The molecule has 0 saturated heterocycles. The van der Waals surface area contributed by atoms with Gasteiger partial charge >= 0.3 is 12.1 Å². The van der Waals surface area contributed by atoms with E-state index in [0.29, 0.717) is 6.42 Å². The van der Waals surface area contributed by atoms with E-state index in [2.05, 4.69) is 4.74 Å². The van der Waals surface area contributed by atoms with Gasteiger partial charge in [0.05, 0.1) is 13.7 Å². The fourth-order valence-corrected chi connectivity index (χ4v) is 1.28. The van der Waals surface area contributed by atoms with E-state index in [9.17, 15) is 18.0 Å². The van der Waals surface area contributed by atoms with E-state index < -0.39 is 18.7 Å². The standard InChI is InChI=1S/C10H18F3NO2/c1-8(2)14(7-10(11,12)13)6-4-5-9(15)16-3/h8H,4-7H2,1-3H3. The monoisotopic (exact) mass is 241 g/mol. The summed E-state index contributed by atoms with van der Waals surface area (Å²) in [5, 5.41) is 0. The van der Waals surface area contributed by atoms with Gasteiger partial charge in [0, 0.05) is 12.5 Å². The van der Waals surface area contributed by atoms with Crippen molar-refractivity contribution in [1.82, 2.24) is 4.90 Å². The van der Waals surface area contributed by atoms with Crippen LogP contribution in [0.15, 0.2) is 0 Å². The predicted molar refractivity (Wildman–Crippen MR) is 54.0 cm³/mol. The molecule has 0 N–H and O–H groups in total. The van der Waals surface area contributed by atoms with Crippen LogP contribution in [0.25, 0.3) is 0 Å². The SMILES string of the molecule is COC(=O)CCCN(CC(F)(F)F)C(C)C. The van der Waals surface area contributed by atoms with E-state index >= 15 is 0 Å². The number of hydrogen-bond donors (Lipinski definition) is 0. The minimum absolute atomic E-state index is 0.150. The summed E-state index contributed by atoms with van der Waals surface area (Å²) in [6, 6.07) is -0.195. The van der Waals surface area contributed by atoms with Crippen molar-refractivity contribution in [2.75, 3.05) is 20.2 Å². The Hall–Kier alpha value is -0.780. The normalized spacial score (nSPS) is 12.2. The van der Waals surface area contributed by atoms with Crippen LogP contribution in [0.5, 0.6) is 0 Å². The van der Waals surface area contributed by atoms with E-state index in [1.807, 2.05) is 0 Å². The molecule has 0 spiro atoms. The number of halogens is 3. The highest BCUT2D eigenvalue weighted by atomic mass is 19.4. The summed E-state index contributed by atoms with van der Waals surface area (Å²) >= 11 is 0. The zero-order chi connectivity index (χ0) is 12.8. The lowest BCUT2D eigenvalue weighted by Gasteiger charge is -2.27. The number of ether oxygens (including phenoxy) is 1. The number of carbonyl (C=O) groups excluding carboxylic acids is 1. The maximum absolute atomic E-state index is 12.2. The lowest BCUT2D eigenvalue weighted by atomic mass is 10.2. The van der Waals surface area contributed by atoms with E-state index in [1.165, 1.54) is 12.0 Å². The first kappa shape index (κ1) is 15.2. The van der Waals surface area contributed by atoms with Crippen LogP contribution in [0.4, 0.5) is 13.2 Å². The molecule has 0 bridgehead atoms. The summed E-state index contributed by atoms with van der Waals surface area (Å²) in [6.07, 6.45) is -3.67. The highest BCUT2D eigenvalue weighted by molar-refractivity contribution is 5.69. The Kier molecular flexibility index (Phi) is 6.40. The number of rotatable bonds is 6. The first-order valence-electron chi connectivity index (χ1n) is 5.14. The van der Waals surface area contributed by atoms with Crippen LogP contribution in [0.1, 0.15) is 26.7 Å². The molecule has 0 rings (SSSR count). The molecule has 3 nitrogen and oxygen atoms in total. The van der Waals surface area contributed by atoms with E-state index in [-0.39, 0.29) is 19.0 Å². The molecular weight excluding hydrogens is 223 g/mol.